The van der Waals surface area contributed by atoms with Crippen LogP contribution in [-0.2, 0) is 0 Å². The predicted octanol–water partition coefficient (Wildman–Crippen LogP) is 2.22. The maximum absolute atomic E-state index is 9.71. The summed E-state index contributed by atoms with van der Waals surface area (Å²) in [7, 11) is 0. The molecule has 1 aliphatic rings. The third kappa shape index (κ3) is 3.97. The van der Waals surface area contributed by atoms with Gasteiger partial charge in [0.2, 0.25) is 0 Å². The topological polar surface area (TPSA) is 23.5 Å². The molecule has 0 bridgehead atoms. The Morgan fingerprint density at radius 1 is 1.47 bits per heavy atom. The van der Waals surface area contributed by atoms with Crippen molar-refractivity contribution in [2.45, 2.75) is 45.5 Å². The van der Waals surface area contributed by atoms with Crippen molar-refractivity contribution < 1.29 is 5.11 Å². The van der Waals surface area contributed by atoms with Gasteiger partial charge in [0.25, 0.3) is 0 Å². The Morgan fingerprint density at radius 3 is 2.53 bits per heavy atom. The predicted molar refractivity (Wildman–Crippen MR) is 68.4 cm³/mol. The van der Waals surface area contributed by atoms with Gasteiger partial charge in [0.1, 0.15) is 0 Å². The van der Waals surface area contributed by atoms with Crippen LogP contribution in [0, 0.1) is 5.41 Å². The van der Waals surface area contributed by atoms with Crippen LogP contribution in [0.5, 0.6) is 0 Å². The monoisotopic (exact) mass is 231 g/mol. The molecular formula is C12H25NOS. The SMILES string of the molecule is CC(O)C(C)(C)CN1CCSC(C)(C)C1. The third-order valence-corrected chi connectivity index (χ3v) is 4.56. The van der Waals surface area contributed by atoms with E-state index in [1.54, 1.807) is 0 Å². The molecule has 1 fully saturated rings. The average molecular weight is 231 g/mol. The number of nitrogens with zero attached hydrogens (tertiary/aromatic N) is 1. The van der Waals surface area contributed by atoms with E-state index in [2.05, 4.69) is 44.4 Å². The minimum atomic E-state index is -0.241. The lowest BCUT2D eigenvalue weighted by molar-refractivity contribution is 0.0333. The van der Waals surface area contributed by atoms with Gasteiger partial charge < -0.3 is 10.0 Å². The zero-order valence-corrected chi connectivity index (χ0v) is 11.5. The highest BCUT2D eigenvalue weighted by Crippen LogP contribution is 2.32. The molecule has 1 aliphatic heterocycles. The first-order chi connectivity index (χ1) is 6.73. The van der Waals surface area contributed by atoms with Gasteiger partial charge in [0.15, 0.2) is 0 Å². The number of hydrogen-bond donors (Lipinski definition) is 1. The number of hydrogen-bond acceptors (Lipinski definition) is 3. The zero-order chi connectivity index (χ0) is 11.7. The molecule has 0 aromatic rings. The molecule has 1 saturated heterocycles. The van der Waals surface area contributed by atoms with Gasteiger partial charge in [-0.25, -0.2) is 0 Å². The van der Waals surface area contributed by atoms with Crippen LogP contribution in [0.4, 0.5) is 0 Å². The lowest BCUT2D eigenvalue weighted by Crippen LogP contribution is -2.48. The van der Waals surface area contributed by atoms with E-state index < -0.39 is 0 Å². The van der Waals surface area contributed by atoms with Crippen LogP contribution < -0.4 is 0 Å². The fraction of sp³-hybridized carbons (Fsp3) is 1.00. The highest BCUT2D eigenvalue weighted by molar-refractivity contribution is 8.00. The fourth-order valence-corrected chi connectivity index (χ4v) is 3.13. The highest BCUT2D eigenvalue weighted by atomic mass is 32.2. The van der Waals surface area contributed by atoms with E-state index in [1.807, 2.05) is 6.92 Å². The maximum Gasteiger partial charge on any atom is 0.0575 e. The standard InChI is InChI=1S/C12H25NOS/c1-10(14)11(2,3)8-13-6-7-15-12(4,5)9-13/h10,14H,6-9H2,1-5H3. The van der Waals surface area contributed by atoms with Crippen LogP contribution in [0.2, 0.25) is 0 Å². The van der Waals surface area contributed by atoms with Crippen molar-refractivity contribution in [2.75, 3.05) is 25.4 Å². The van der Waals surface area contributed by atoms with Crippen molar-refractivity contribution in [3.63, 3.8) is 0 Å². The van der Waals surface area contributed by atoms with Gasteiger partial charge in [-0.15, -0.1) is 0 Å². The molecule has 1 heterocycles. The fourth-order valence-electron chi connectivity index (χ4n) is 1.96. The molecule has 1 unspecified atom stereocenters. The van der Waals surface area contributed by atoms with E-state index in [9.17, 15) is 5.11 Å². The summed E-state index contributed by atoms with van der Waals surface area (Å²) >= 11 is 2.05. The molecule has 0 aromatic heterocycles. The minimum absolute atomic E-state index is 0.00190. The normalized spacial score (nSPS) is 25.2. The van der Waals surface area contributed by atoms with E-state index >= 15 is 0 Å². The number of aliphatic hydroxyl groups excluding tert-OH is 1. The lowest BCUT2D eigenvalue weighted by atomic mass is 9.86. The third-order valence-electron chi connectivity index (χ3n) is 3.27. The van der Waals surface area contributed by atoms with Crippen molar-refractivity contribution in [3.05, 3.63) is 0 Å². The van der Waals surface area contributed by atoms with Gasteiger partial charge in [-0.3, -0.25) is 0 Å². The maximum atomic E-state index is 9.71. The quantitative estimate of drug-likeness (QED) is 0.805. The van der Waals surface area contributed by atoms with E-state index in [4.69, 9.17) is 0 Å². The van der Waals surface area contributed by atoms with E-state index in [1.165, 1.54) is 5.75 Å². The van der Waals surface area contributed by atoms with Crippen LogP contribution in [0.25, 0.3) is 0 Å². The average Bonchev–Trinajstić information content (AvgIpc) is 2.00. The second kappa shape index (κ2) is 4.64. The Hall–Kier alpha value is 0.270. The first-order valence-corrected chi connectivity index (χ1v) is 6.76. The summed E-state index contributed by atoms with van der Waals surface area (Å²) in [4.78, 5) is 2.49. The van der Waals surface area contributed by atoms with Crippen LogP contribution >= 0.6 is 11.8 Å². The Balaban J connectivity index is 2.52. The van der Waals surface area contributed by atoms with Gasteiger partial charge in [0.05, 0.1) is 6.10 Å². The van der Waals surface area contributed by atoms with Gasteiger partial charge in [0, 0.05) is 35.5 Å². The summed E-state index contributed by atoms with van der Waals surface area (Å²) in [5, 5.41) is 9.71. The van der Waals surface area contributed by atoms with Gasteiger partial charge >= 0.3 is 0 Å². The van der Waals surface area contributed by atoms with Gasteiger partial charge in [-0.05, 0) is 20.8 Å². The van der Waals surface area contributed by atoms with E-state index in [-0.39, 0.29) is 11.5 Å². The van der Waals surface area contributed by atoms with Crippen molar-refractivity contribution in [3.8, 4) is 0 Å². The van der Waals surface area contributed by atoms with E-state index in [0.29, 0.717) is 4.75 Å². The van der Waals surface area contributed by atoms with Gasteiger partial charge in [-0.2, -0.15) is 11.8 Å². The zero-order valence-electron chi connectivity index (χ0n) is 10.7. The van der Waals surface area contributed by atoms with Crippen molar-refractivity contribution in [1.29, 1.82) is 0 Å². The summed E-state index contributed by atoms with van der Waals surface area (Å²) in [6.45, 7) is 14.1. The molecule has 3 heteroatoms. The van der Waals surface area contributed by atoms with Crippen LogP contribution in [-0.4, -0.2) is 46.2 Å². The van der Waals surface area contributed by atoms with Crippen LogP contribution in [0.1, 0.15) is 34.6 Å². The Morgan fingerprint density at radius 2 is 2.07 bits per heavy atom. The van der Waals surface area contributed by atoms with Gasteiger partial charge in [-0.1, -0.05) is 13.8 Å². The Kier molecular flexibility index (Phi) is 4.13. The van der Waals surface area contributed by atoms with Crippen LogP contribution in [0.15, 0.2) is 0 Å². The summed E-state index contributed by atoms with van der Waals surface area (Å²) < 4.78 is 0.368. The van der Waals surface area contributed by atoms with Crippen LogP contribution in [0.3, 0.4) is 0 Å². The van der Waals surface area contributed by atoms with Crippen molar-refractivity contribution in [1.82, 2.24) is 4.90 Å². The molecule has 0 spiro atoms. The van der Waals surface area contributed by atoms with E-state index in [0.717, 1.165) is 19.6 Å². The summed E-state index contributed by atoms with van der Waals surface area (Å²) in [5.41, 5.74) is -0.00190. The molecule has 15 heavy (non-hydrogen) atoms. The minimum Gasteiger partial charge on any atom is -0.393 e. The molecule has 90 valence electrons. The molecule has 1 atom stereocenters. The molecule has 0 aliphatic carbocycles. The molecule has 2 nitrogen and oxygen atoms in total. The van der Waals surface area contributed by atoms with Crippen molar-refractivity contribution >= 4 is 11.8 Å². The smallest absolute Gasteiger partial charge is 0.0575 e. The Bertz CT molecular complexity index is 214. The molecule has 1 rings (SSSR count). The number of thioether (sulfide) groups is 1. The lowest BCUT2D eigenvalue weighted by Gasteiger charge is -2.42. The first-order valence-electron chi connectivity index (χ1n) is 5.77. The second-order valence-corrected chi connectivity index (χ2v) is 7.79. The largest absolute Gasteiger partial charge is 0.393 e. The second-order valence-electron chi connectivity index (χ2n) is 5.98. The molecular weight excluding hydrogens is 206 g/mol. The summed E-state index contributed by atoms with van der Waals surface area (Å²) in [6.07, 6.45) is -0.241. The number of aliphatic hydroxyl groups is 1. The molecule has 0 amide bonds. The molecule has 0 radical (unpaired) electrons. The first kappa shape index (κ1) is 13.3. The molecule has 0 saturated carbocycles. The van der Waals surface area contributed by atoms with Crippen molar-refractivity contribution in [2.24, 2.45) is 5.41 Å². The highest BCUT2D eigenvalue weighted by Gasteiger charge is 2.32. The number of rotatable bonds is 3. The Labute approximate surface area is 98.4 Å². The summed E-state index contributed by atoms with van der Waals surface area (Å²) in [5.74, 6) is 1.21. The molecule has 1 N–H and O–H groups in total. The summed E-state index contributed by atoms with van der Waals surface area (Å²) in [6, 6.07) is 0. The molecule has 0 aromatic carbocycles.